The number of para-hydroxylation sites is 1. The summed E-state index contributed by atoms with van der Waals surface area (Å²) in [7, 11) is 0. The van der Waals surface area contributed by atoms with Gasteiger partial charge in [0, 0.05) is 12.2 Å². The highest BCUT2D eigenvalue weighted by Crippen LogP contribution is 2.24. The van der Waals surface area contributed by atoms with Crippen molar-refractivity contribution in [3.05, 3.63) is 58.6 Å². The molecule has 1 aliphatic heterocycles. The van der Waals surface area contributed by atoms with Crippen LogP contribution in [0.1, 0.15) is 17.5 Å². The van der Waals surface area contributed by atoms with Gasteiger partial charge >= 0.3 is 6.03 Å². The van der Waals surface area contributed by atoms with Gasteiger partial charge in [-0.25, -0.2) is 4.79 Å². The van der Waals surface area contributed by atoms with Crippen LogP contribution < -0.4 is 15.5 Å². The molecule has 0 unspecified atom stereocenters. The van der Waals surface area contributed by atoms with Crippen LogP contribution in [-0.2, 0) is 4.79 Å². The number of rotatable bonds is 3. The maximum absolute atomic E-state index is 12.6. The lowest BCUT2D eigenvalue weighted by Gasteiger charge is -2.18. The second kappa shape index (κ2) is 7.15. The van der Waals surface area contributed by atoms with Crippen LogP contribution >= 0.6 is 11.6 Å². The van der Waals surface area contributed by atoms with Gasteiger partial charge in [-0.3, -0.25) is 4.79 Å². The molecule has 25 heavy (non-hydrogen) atoms. The summed E-state index contributed by atoms with van der Waals surface area (Å²) in [4.78, 5) is 26.5. The minimum atomic E-state index is -0.539. The highest BCUT2D eigenvalue weighted by Gasteiger charge is 2.33. The van der Waals surface area contributed by atoms with Crippen molar-refractivity contribution in [2.45, 2.75) is 26.3 Å². The molecule has 1 atom stereocenters. The van der Waals surface area contributed by atoms with Crippen LogP contribution in [0.15, 0.2) is 42.5 Å². The number of nitrogens with one attached hydrogen (secondary N) is 2. The fourth-order valence-corrected chi connectivity index (χ4v) is 3.24. The molecule has 1 fully saturated rings. The van der Waals surface area contributed by atoms with Crippen molar-refractivity contribution in [2.75, 3.05) is 16.8 Å². The molecule has 2 aromatic rings. The van der Waals surface area contributed by atoms with Crippen molar-refractivity contribution >= 4 is 34.9 Å². The number of aryl methyl sites for hydroxylation is 2. The Morgan fingerprint density at radius 2 is 1.84 bits per heavy atom. The zero-order valence-electron chi connectivity index (χ0n) is 14.2. The van der Waals surface area contributed by atoms with E-state index in [0.717, 1.165) is 16.8 Å². The second-order valence-electron chi connectivity index (χ2n) is 6.26. The first-order chi connectivity index (χ1) is 11.9. The molecule has 2 aromatic carbocycles. The first kappa shape index (κ1) is 17.3. The third-order valence-corrected chi connectivity index (χ3v) is 4.48. The van der Waals surface area contributed by atoms with Gasteiger partial charge in [0.1, 0.15) is 6.04 Å². The topological polar surface area (TPSA) is 61.4 Å². The van der Waals surface area contributed by atoms with Crippen molar-refractivity contribution in [3.63, 3.8) is 0 Å². The molecule has 3 rings (SSSR count). The molecule has 5 nitrogen and oxygen atoms in total. The highest BCUT2D eigenvalue weighted by atomic mass is 35.5. The average molecular weight is 358 g/mol. The number of urea groups is 1. The van der Waals surface area contributed by atoms with Crippen LogP contribution in [0.2, 0.25) is 5.02 Å². The Morgan fingerprint density at radius 3 is 2.52 bits per heavy atom. The molecular weight excluding hydrogens is 338 g/mol. The van der Waals surface area contributed by atoms with Gasteiger partial charge in [0.25, 0.3) is 0 Å². The van der Waals surface area contributed by atoms with Crippen molar-refractivity contribution < 1.29 is 9.59 Å². The van der Waals surface area contributed by atoms with Gasteiger partial charge in [0.2, 0.25) is 5.91 Å². The number of benzene rings is 2. The SMILES string of the molecule is Cc1cc(C)cc(N2CC[C@@H](NC(=O)Nc3ccccc3Cl)C2=O)c1. The molecule has 0 aromatic heterocycles. The van der Waals surface area contributed by atoms with Crippen molar-refractivity contribution in [1.82, 2.24) is 5.32 Å². The zero-order valence-corrected chi connectivity index (χ0v) is 14.9. The highest BCUT2D eigenvalue weighted by molar-refractivity contribution is 6.33. The number of nitrogens with zero attached hydrogens (tertiary/aromatic N) is 1. The van der Waals surface area contributed by atoms with Crippen LogP contribution in [0.3, 0.4) is 0 Å². The lowest BCUT2D eigenvalue weighted by Crippen LogP contribution is -2.43. The Hall–Kier alpha value is -2.53. The standard InChI is InChI=1S/C19H20ClN3O2/c1-12-9-13(2)11-14(10-12)23-8-7-17(18(23)24)22-19(25)21-16-6-4-3-5-15(16)20/h3-6,9-11,17H,7-8H2,1-2H3,(H2,21,22,25)/t17-/m1/s1. The molecule has 0 radical (unpaired) electrons. The third-order valence-electron chi connectivity index (χ3n) is 4.15. The van der Waals surface area contributed by atoms with E-state index >= 15 is 0 Å². The molecule has 3 amide bonds. The van der Waals surface area contributed by atoms with Crippen molar-refractivity contribution in [3.8, 4) is 0 Å². The average Bonchev–Trinajstić information content (AvgIpc) is 2.89. The summed E-state index contributed by atoms with van der Waals surface area (Å²) in [6.07, 6.45) is 0.571. The smallest absolute Gasteiger partial charge is 0.319 e. The molecule has 0 saturated carbocycles. The molecule has 0 bridgehead atoms. The van der Waals surface area contributed by atoms with Gasteiger partial charge in [-0.2, -0.15) is 0 Å². The largest absolute Gasteiger partial charge is 0.326 e. The summed E-state index contributed by atoms with van der Waals surface area (Å²) in [6, 6.07) is 12.0. The van der Waals surface area contributed by atoms with Crippen LogP contribution in [0.25, 0.3) is 0 Å². The van der Waals surface area contributed by atoms with E-state index in [9.17, 15) is 9.59 Å². The Kier molecular flexibility index (Phi) is 4.95. The first-order valence-corrected chi connectivity index (χ1v) is 8.53. The molecule has 0 spiro atoms. The van der Waals surface area contributed by atoms with E-state index in [1.54, 1.807) is 29.2 Å². The molecule has 1 aliphatic rings. The zero-order chi connectivity index (χ0) is 18.0. The van der Waals surface area contributed by atoms with Crippen molar-refractivity contribution in [2.24, 2.45) is 0 Å². The van der Waals surface area contributed by atoms with Crippen molar-refractivity contribution in [1.29, 1.82) is 0 Å². The van der Waals surface area contributed by atoms with Gasteiger partial charge < -0.3 is 15.5 Å². The Balaban J connectivity index is 1.66. The van der Waals surface area contributed by atoms with Gasteiger partial charge in [-0.1, -0.05) is 29.8 Å². The lowest BCUT2D eigenvalue weighted by atomic mass is 10.1. The molecule has 6 heteroatoms. The van der Waals surface area contributed by atoms with Crippen LogP contribution in [0, 0.1) is 13.8 Å². The fourth-order valence-electron chi connectivity index (χ4n) is 3.06. The van der Waals surface area contributed by atoms with Gasteiger partial charge in [0.15, 0.2) is 0 Å². The molecule has 0 aliphatic carbocycles. The van der Waals surface area contributed by atoms with Crippen LogP contribution in [0.5, 0.6) is 0 Å². The van der Waals surface area contributed by atoms with Gasteiger partial charge in [0.05, 0.1) is 10.7 Å². The Bertz CT molecular complexity index is 802. The Morgan fingerprint density at radius 1 is 1.16 bits per heavy atom. The lowest BCUT2D eigenvalue weighted by molar-refractivity contribution is -0.118. The summed E-state index contributed by atoms with van der Waals surface area (Å²) < 4.78 is 0. The van der Waals surface area contributed by atoms with Crippen LogP contribution in [-0.4, -0.2) is 24.5 Å². The Labute approximate surface area is 152 Å². The summed E-state index contributed by atoms with van der Waals surface area (Å²) >= 11 is 6.03. The minimum absolute atomic E-state index is 0.0979. The number of carbonyl (C=O) groups excluding carboxylic acids is 2. The molecule has 130 valence electrons. The number of carbonyl (C=O) groups is 2. The summed E-state index contributed by atoms with van der Waals surface area (Å²) in [5.74, 6) is -0.0979. The molecular formula is C19H20ClN3O2. The summed E-state index contributed by atoms with van der Waals surface area (Å²) in [5.41, 5.74) is 3.60. The number of hydrogen-bond donors (Lipinski definition) is 2. The van der Waals surface area contributed by atoms with E-state index in [-0.39, 0.29) is 5.91 Å². The molecule has 2 N–H and O–H groups in total. The number of halogens is 1. The number of hydrogen-bond acceptors (Lipinski definition) is 2. The predicted octanol–water partition coefficient (Wildman–Crippen LogP) is 3.88. The second-order valence-corrected chi connectivity index (χ2v) is 6.66. The predicted molar refractivity (Wildman–Crippen MR) is 100 cm³/mol. The fraction of sp³-hybridized carbons (Fsp3) is 0.263. The normalized spacial score (nSPS) is 16.8. The van der Waals surface area contributed by atoms with E-state index < -0.39 is 12.1 Å². The maximum Gasteiger partial charge on any atom is 0.319 e. The molecule has 1 saturated heterocycles. The monoisotopic (exact) mass is 357 g/mol. The van der Waals surface area contributed by atoms with Gasteiger partial charge in [-0.05, 0) is 55.7 Å². The summed E-state index contributed by atoms with van der Waals surface area (Å²) in [6.45, 7) is 4.59. The minimum Gasteiger partial charge on any atom is -0.326 e. The van der Waals surface area contributed by atoms with E-state index in [1.165, 1.54) is 0 Å². The van der Waals surface area contributed by atoms with E-state index in [2.05, 4.69) is 16.7 Å². The molecule has 1 heterocycles. The van der Waals surface area contributed by atoms with E-state index in [1.807, 2.05) is 26.0 Å². The third kappa shape index (κ3) is 3.94. The quantitative estimate of drug-likeness (QED) is 0.875. The maximum atomic E-state index is 12.6. The first-order valence-electron chi connectivity index (χ1n) is 8.16. The number of amides is 3. The summed E-state index contributed by atoms with van der Waals surface area (Å²) in [5, 5.41) is 5.86. The number of anilines is 2. The van der Waals surface area contributed by atoms with E-state index in [4.69, 9.17) is 11.6 Å². The van der Waals surface area contributed by atoms with Crippen LogP contribution in [0.4, 0.5) is 16.2 Å². The van der Waals surface area contributed by atoms with E-state index in [0.29, 0.717) is 23.7 Å². The van der Waals surface area contributed by atoms with Gasteiger partial charge in [-0.15, -0.1) is 0 Å².